The zero-order valence-electron chi connectivity index (χ0n) is 15.0. The molecular weight excluding hydrogens is 443 g/mol. The maximum absolute atomic E-state index is 5.61. The number of halogens is 1. The van der Waals surface area contributed by atoms with E-state index in [1.807, 2.05) is 37.4 Å². The standard InChI is InChI=1S/C19H24N4O2.HI/c1-20-18(23-9-7-19(13-23)8-10-24-14-19)21-11-16-12-25-17(22-16)15-5-3-2-4-6-15;/h2-6,12H,7-11,13-14H2,1H3,(H,20,21);1H. The molecule has 3 heterocycles. The summed E-state index contributed by atoms with van der Waals surface area (Å²) >= 11 is 0. The van der Waals surface area contributed by atoms with Crippen molar-refractivity contribution in [3.05, 3.63) is 42.3 Å². The summed E-state index contributed by atoms with van der Waals surface area (Å²) in [6.45, 7) is 4.41. The second kappa shape index (κ2) is 8.39. The molecule has 0 amide bonds. The van der Waals surface area contributed by atoms with Gasteiger partial charge in [0.1, 0.15) is 6.26 Å². The van der Waals surface area contributed by atoms with Crippen molar-refractivity contribution >= 4 is 29.9 Å². The first-order chi connectivity index (χ1) is 12.3. The van der Waals surface area contributed by atoms with E-state index in [2.05, 4.69) is 20.2 Å². The Morgan fingerprint density at radius 2 is 2.15 bits per heavy atom. The number of likely N-dealkylation sites (tertiary alicyclic amines) is 1. The summed E-state index contributed by atoms with van der Waals surface area (Å²) < 4.78 is 11.2. The molecule has 1 aromatic carbocycles. The Morgan fingerprint density at radius 1 is 1.31 bits per heavy atom. The van der Waals surface area contributed by atoms with Crippen LogP contribution in [-0.4, -0.2) is 49.2 Å². The molecule has 1 N–H and O–H groups in total. The Bertz CT molecular complexity index is 741. The molecule has 2 aliphatic rings. The van der Waals surface area contributed by atoms with Crippen LogP contribution in [0.5, 0.6) is 0 Å². The summed E-state index contributed by atoms with van der Waals surface area (Å²) in [6, 6.07) is 9.94. The van der Waals surface area contributed by atoms with Gasteiger partial charge in [-0.25, -0.2) is 4.98 Å². The lowest BCUT2D eigenvalue weighted by atomic mass is 9.87. The molecule has 0 aliphatic carbocycles. The van der Waals surface area contributed by atoms with Crippen LogP contribution in [0.2, 0.25) is 0 Å². The van der Waals surface area contributed by atoms with Crippen LogP contribution < -0.4 is 5.32 Å². The SMILES string of the molecule is CN=C(NCc1coc(-c2ccccc2)n1)N1CCC2(CCOC2)C1.I. The number of hydrogen-bond acceptors (Lipinski definition) is 4. The lowest BCUT2D eigenvalue weighted by molar-refractivity contribution is 0.156. The van der Waals surface area contributed by atoms with Crippen LogP contribution >= 0.6 is 24.0 Å². The van der Waals surface area contributed by atoms with Crippen LogP contribution in [0, 0.1) is 5.41 Å². The highest BCUT2D eigenvalue weighted by Gasteiger charge is 2.42. The summed E-state index contributed by atoms with van der Waals surface area (Å²) in [4.78, 5) is 11.3. The molecule has 1 aromatic heterocycles. The molecule has 0 bridgehead atoms. The van der Waals surface area contributed by atoms with Gasteiger partial charge in [0, 0.05) is 37.7 Å². The quantitative estimate of drug-likeness (QED) is 0.426. The fourth-order valence-electron chi connectivity index (χ4n) is 3.69. The number of rotatable bonds is 3. The van der Waals surface area contributed by atoms with Crippen LogP contribution in [0.25, 0.3) is 11.5 Å². The third-order valence-electron chi connectivity index (χ3n) is 5.13. The molecule has 1 spiro atoms. The van der Waals surface area contributed by atoms with Gasteiger partial charge in [-0.2, -0.15) is 0 Å². The Balaban J connectivity index is 0.00000196. The smallest absolute Gasteiger partial charge is 0.226 e. The van der Waals surface area contributed by atoms with E-state index < -0.39 is 0 Å². The highest BCUT2D eigenvalue weighted by molar-refractivity contribution is 14.0. The highest BCUT2D eigenvalue weighted by Crippen LogP contribution is 2.38. The fraction of sp³-hybridized carbons (Fsp3) is 0.474. The van der Waals surface area contributed by atoms with E-state index in [1.165, 1.54) is 6.42 Å². The van der Waals surface area contributed by atoms with Gasteiger partial charge in [0.15, 0.2) is 5.96 Å². The predicted octanol–water partition coefficient (Wildman–Crippen LogP) is 3.15. The molecule has 26 heavy (non-hydrogen) atoms. The van der Waals surface area contributed by atoms with Crippen molar-refractivity contribution in [1.29, 1.82) is 0 Å². The van der Waals surface area contributed by atoms with Gasteiger partial charge in [0.2, 0.25) is 5.89 Å². The van der Waals surface area contributed by atoms with Crippen molar-refractivity contribution in [2.45, 2.75) is 19.4 Å². The number of guanidine groups is 1. The summed E-state index contributed by atoms with van der Waals surface area (Å²) in [5.41, 5.74) is 2.19. The zero-order valence-corrected chi connectivity index (χ0v) is 17.3. The summed E-state index contributed by atoms with van der Waals surface area (Å²) in [7, 11) is 1.83. The lowest BCUT2D eigenvalue weighted by Gasteiger charge is -2.24. The molecule has 1 atom stereocenters. The minimum absolute atomic E-state index is 0. The normalized spacial score (nSPS) is 22.7. The van der Waals surface area contributed by atoms with Gasteiger partial charge in [-0.3, -0.25) is 4.99 Å². The molecule has 7 heteroatoms. The van der Waals surface area contributed by atoms with Gasteiger partial charge in [0.25, 0.3) is 0 Å². The molecule has 2 aliphatic heterocycles. The molecule has 6 nitrogen and oxygen atoms in total. The van der Waals surface area contributed by atoms with Crippen molar-refractivity contribution in [1.82, 2.24) is 15.2 Å². The van der Waals surface area contributed by atoms with E-state index in [9.17, 15) is 0 Å². The van der Waals surface area contributed by atoms with E-state index in [-0.39, 0.29) is 24.0 Å². The van der Waals surface area contributed by atoms with Gasteiger partial charge in [-0.15, -0.1) is 24.0 Å². The Morgan fingerprint density at radius 3 is 2.88 bits per heavy atom. The minimum atomic E-state index is 0. The molecule has 140 valence electrons. The van der Waals surface area contributed by atoms with Crippen molar-refractivity contribution in [2.75, 3.05) is 33.4 Å². The maximum Gasteiger partial charge on any atom is 0.226 e. The zero-order chi connectivity index (χ0) is 17.1. The third-order valence-corrected chi connectivity index (χ3v) is 5.13. The number of hydrogen-bond donors (Lipinski definition) is 1. The number of aromatic nitrogens is 1. The number of aliphatic imine (C=N–C) groups is 1. The molecule has 4 rings (SSSR count). The van der Waals surface area contributed by atoms with Gasteiger partial charge in [0.05, 0.1) is 18.8 Å². The second-order valence-corrected chi connectivity index (χ2v) is 6.88. The van der Waals surface area contributed by atoms with Crippen LogP contribution in [0.4, 0.5) is 0 Å². The molecule has 2 fully saturated rings. The first-order valence-electron chi connectivity index (χ1n) is 8.81. The van der Waals surface area contributed by atoms with Gasteiger partial charge < -0.3 is 19.4 Å². The van der Waals surface area contributed by atoms with Gasteiger partial charge in [-0.05, 0) is 25.0 Å². The first kappa shape index (κ1) is 19.2. The van der Waals surface area contributed by atoms with Crippen molar-refractivity contribution in [3.8, 4) is 11.5 Å². The predicted molar refractivity (Wildman–Crippen MR) is 112 cm³/mol. The Hall–Kier alpha value is -1.61. The molecular formula is C19H25IN4O2. The molecule has 2 aromatic rings. The molecule has 0 saturated carbocycles. The van der Waals surface area contributed by atoms with Crippen LogP contribution in [0.3, 0.4) is 0 Å². The number of nitrogens with one attached hydrogen (secondary N) is 1. The van der Waals surface area contributed by atoms with Crippen LogP contribution in [-0.2, 0) is 11.3 Å². The average molecular weight is 468 g/mol. The third kappa shape index (κ3) is 4.03. The summed E-state index contributed by atoms with van der Waals surface area (Å²) in [5.74, 6) is 1.57. The number of ether oxygens (including phenoxy) is 1. The summed E-state index contributed by atoms with van der Waals surface area (Å²) in [6.07, 6.45) is 4.04. The average Bonchev–Trinajstić information content (AvgIpc) is 3.39. The monoisotopic (exact) mass is 468 g/mol. The minimum Gasteiger partial charge on any atom is -0.444 e. The van der Waals surface area contributed by atoms with Gasteiger partial charge >= 0.3 is 0 Å². The van der Waals surface area contributed by atoms with Crippen molar-refractivity contribution in [2.24, 2.45) is 10.4 Å². The van der Waals surface area contributed by atoms with E-state index >= 15 is 0 Å². The topological polar surface area (TPSA) is 62.9 Å². The van der Waals surface area contributed by atoms with E-state index in [1.54, 1.807) is 6.26 Å². The van der Waals surface area contributed by atoms with Crippen LogP contribution in [0.1, 0.15) is 18.5 Å². The first-order valence-corrected chi connectivity index (χ1v) is 8.81. The van der Waals surface area contributed by atoms with E-state index in [0.29, 0.717) is 17.9 Å². The number of benzene rings is 1. The van der Waals surface area contributed by atoms with E-state index in [0.717, 1.165) is 49.9 Å². The van der Waals surface area contributed by atoms with Crippen molar-refractivity contribution in [3.63, 3.8) is 0 Å². The number of nitrogens with zero attached hydrogens (tertiary/aromatic N) is 3. The highest BCUT2D eigenvalue weighted by atomic mass is 127. The lowest BCUT2D eigenvalue weighted by Crippen LogP contribution is -2.41. The maximum atomic E-state index is 5.61. The Kier molecular flexibility index (Phi) is 6.18. The van der Waals surface area contributed by atoms with E-state index in [4.69, 9.17) is 9.15 Å². The van der Waals surface area contributed by atoms with Gasteiger partial charge in [-0.1, -0.05) is 18.2 Å². The molecule has 1 unspecified atom stereocenters. The summed E-state index contributed by atoms with van der Waals surface area (Å²) in [5, 5.41) is 3.41. The van der Waals surface area contributed by atoms with Crippen LogP contribution in [0.15, 0.2) is 46.0 Å². The molecule has 0 radical (unpaired) electrons. The van der Waals surface area contributed by atoms with Crippen molar-refractivity contribution < 1.29 is 9.15 Å². The number of oxazole rings is 1. The molecule has 2 saturated heterocycles. The fourth-order valence-corrected chi connectivity index (χ4v) is 3.69. The largest absolute Gasteiger partial charge is 0.444 e. The second-order valence-electron chi connectivity index (χ2n) is 6.88. The Labute approximate surface area is 171 Å².